The largest absolute Gasteiger partial charge is 0.335 e. The highest BCUT2D eigenvalue weighted by Crippen LogP contribution is 2.11. The van der Waals surface area contributed by atoms with E-state index in [0.29, 0.717) is 18.8 Å². The average Bonchev–Trinajstić information content (AvgIpc) is 2.44. The molecule has 1 rings (SSSR count). The molecule has 0 spiro atoms. The van der Waals surface area contributed by atoms with Gasteiger partial charge in [-0.1, -0.05) is 44.2 Å². The molecule has 0 aliphatic heterocycles. The Morgan fingerprint density at radius 1 is 1.30 bits per heavy atom. The first-order valence-corrected chi connectivity index (χ1v) is 6.97. The van der Waals surface area contributed by atoms with Crippen LogP contribution in [0.25, 0.3) is 0 Å². The fraction of sp³-hybridized carbons (Fsp3) is 0.500. The Hall–Kier alpha value is -1.68. The molecule has 0 bridgehead atoms. The van der Waals surface area contributed by atoms with E-state index in [-0.39, 0.29) is 5.91 Å². The molecule has 110 valence electrons. The van der Waals surface area contributed by atoms with Crippen LogP contribution >= 0.6 is 0 Å². The Balaban J connectivity index is 2.65. The van der Waals surface area contributed by atoms with Crippen LogP contribution < -0.4 is 5.73 Å². The second-order valence-corrected chi connectivity index (χ2v) is 5.58. The minimum atomic E-state index is -0.614. The third kappa shape index (κ3) is 4.78. The van der Waals surface area contributed by atoms with Crippen LogP contribution in [0.5, 0.6) is 0 Å². The van der Waals surface area contributed by atoms with E-state index in [2.05, 4.69) is 0 Å². The number of likely N-dealkylation sites (N-methyl/N-ethyl adjacent to an activating group) is 1. The molecule has 0 radical (unpaired) electrons. The van der Waals surface area contributed by atoms with Gasteiger partial charge in [0.05, 0.1) is 12.1 Å². The van der Waals surface area contributed by atoms with Crippen molar-refractivity contribution in [1.29, 1.82) is 0 Å². The summed E-state index contributed by atoms with van der Waals surface area (Å²) in [6.07, 6.45) is 1.97. The molecule has 4 nitrogen and oxygen atoms in total. The van der Waals surface area contributed by atoms with Gasteiger partial charge in [0.1, 0.15) is 6.29 Å². The van der Waals surface area contributed by atoms with Crippen molar-refractivity contribution in [3.8, 4) is 0 Å². The number of nitrogens with zero attached hydrogens (tertiary/aromatic N) is 1. The third-order valence-corrected chi connectivity index (χ3v) is 3.33. The molecule has 0 aliphatic carbocycles. The van der Waals surface area contributed by atoms with Crippen LogP contribution in [0, 0.1) is 5.92 Å². The summed E-state index contributed by atoms with van der Waals surface area (Å²) in [6, 6.07) is 8.64. The normalized spacial score (nSPS) is 13.8. The number of benzene rings is 1. The summed E-state index contributed by atoms with van der Waals surface area (Å²) in [5.41, 5.74) is 6.99. The SMILES string of the molecule is CC(C)C[C@@H](C=O)N(C)C(=O)[C@@H](N)Cc1ccccc1. The fourth-order valence-corrected chi connectivity index (χ4v) is 2.17. The van der Waals surface area contributed by atoms with Crippen molar-refractivity contribution < 1.29 is 9.59 Å². The quantitative estimate of drug-likeness (QED) is 0.770. The molecule has 0 saturated heterocycles. The van der Waals surface area contributed by atoms with Crippen molar-refractivity contribution in [3.05, 3.63) is 35.9 Å². The second-order valence-electron chi connectivity index (χ2n) is 5.58. The zero-order valence-electron chi connectivity index (χ0n) is 12.5. The molecule has 1 aromatic carbocycles. The van der Waals surface area contributed by atoms with Crippen LogP contribution in [0.3, 0.4) is 0 Å². The lowest BCUT2D eigenvalue weighted by atomic mass is 10.0. The molecule has 0 aromatic heterocycles. The van der Waals surface area contributed by atoms with Gasteiger partial charge in [-0.15, -0.1) is 0 Å². The first-order valence-electron chi connectivity index (χ1n) is 6.97. The van der Waals surface area contributed by atoms with E-state index in [0.717, 1.165) is 11.8 Å². The number of nitrogens with two attached hydrogens (primary N) is 1. The number of hydrogen-bond donors (Lipinski definition) is 1. The molecule has 1 amide bonds. The van der Waals surface area contributed by atoms with Gasteiger partial charge >= 0.3 is 0 Å². The van der Waals surface area contributed by atoms with E-state index in [9.17, 15) is 9.59 Å². The Morgan fingerprint density at radius 3 is 2.40 bits per heavy atom. The van der Waals surface area contributed by atoms with Gasteiger partial charge in [-0.25, -0.2) is 0 Å². The molecule has 0 unspecified atom stereocenters. The van der Waals surface area contributed by atoms with Gasteiger partial charge in [-0.05, 0) is 24.3 Å². The molecular formula is C16H24N2O2. The maximum Gasteiger partial charge on any atom is 0.240 e. The number of carbonyl (C=O) groups excluding carboxylic acids is 2. The van der Waals surface area contributed by atoms with Crippen LogP contribution in [0.4, 0.5) is 0 Å². The van der Waals surface area contributed by atoms with Gasteiger partial charge in [0.25, 0.3) is 0 Å². The van der Waals surface area contributed by atoms with Gasteiger partial charge in [0, 0.05) is 7.05 Å². The molecule has 2 N–H and O–H groups in total. The van der Waals surface area contributed by atoms with E-state index in [1.165, 1.54) is 4.90 Å². The van der Waals surface area contributed by atoms with Crippen LogP contribution in [0.15, 0.2) is 30.3 Å². The molecule has 0 heterocycles. The summed E-state index contributed by atoms with van der Waals surface area (Å²) in [7, 11) is 1.65. The van der Waals surface area contributed by atoms with E-state index in [1.807, 2.05) is 44.2 Å². The standard InChI is InChI=1S/C16H24N2O2/c1-12(2)9-14(11-19)18(3)16(20)15(17)10-13-7-5-4-6-8-13/h4-8,11-12,14-15H,9-10,17H2,1-3H3/t14-,15-/m0/s1. The van der Waals surface area contributed by atoms with Gasteiger partial charge in [0.15, 0.2) is 0 Å². The van der Waals surface area contributed by atoms with E-state index < -0.39 is 12.1 Å². The molecule has 4 heteroatoms. The van der Waals surface area contributed by atoms with Crippen molar-refractivity contribution in [2.75, 3.05) is 7.05 Å². The highest BCUT2D eigenvalue weighted by Gasteiger charge is 2.24. The molecular weight excluding hydrogens is 252 g/mol. The maximum atomic E-state index is 12.3. The van der Waals surface area contributed by atoms with Crippen LogP contribution in [-0.2, 0) is 16.0 Å². The molecule has 1 aromatic rings. The van der Waals surface area contributed by atoms with Crippen LogP contribution in [0.1, 0.15) is 25.8 Å². The predicted molar refractivity (Wildman–Crippen MR) is 80.2 cm³/mol. The Morgan fingerprint density at radius 2 is 1.90 bits per heavy atom. The third-order valence-electron chi connectivity index (χ3n) is 3.33. The Bertz CT molecular complexity index is 431. The van der Waals surface area contributed by atoms with Gasteiger partial charge in [-0.2, -0.15) is 0 Å². The summed E-state index contributed by atoms with van der Waals surface area (Å²) in [6.45, 7) is 4.05. The van der Waals surface area contributed by atoms with Crippen molar-refractivity contribution >= 4 is 12.2 Å². The summed E-state index contributed by atoms with van der Waals surface area (Å²) in [4.78, 5) is 24.9. The number of aldehydes is 1. The summed E-state index contributed by atoms with van der Waals surface area (Å²) in [5.74, 6) is 0.164. The average molecular weight is 276 g/mol. The number of rotatable bonds is 7. The summed E-state index contributed by atoms with van der Waals surface area (Å²) >= 11 is 0. The smallest absolute Gasteiger partial charge is 0.240 e. The van der Waals surface area contributed by atoms with Gasteiger partial charge in [-0.3, -0.25) is 4.79 Å². The minimum absolute atomic E-state index is 0.188. The lowest BCUT2D eigenvalue weighted by Crippen LogP contribution is -2.48. The van der Waals surface area contributed by atoms with Crippen molar-refractivity contribution in [2.45, 2.75) is 38.8 Å². The number of carbonyl (C=O) groups is 2. The molecule has 2 atom stereocenters. The minimum Gasteiger partial charge on any atom is -0.335 e. The van der Waals surface area contributed by atoms with Crippen LogP contribution in [-0.4, -0.2) is 36.2 Å². The zero-order valence-corrected chi connectivity index (χ0v) is 12.5. The van der Waals surface area contributed by atoms with Gasteiger partial charge in [0.2, 0.25) is 5.91 Å². The van der Waals surface area contributed by atoms with Gasteiger partial charge < -0.3 is 15.4 Å². The lowest BCUT2D eigenvalue weighted by Gasteiger charge is -2.27. The van der Waals surface area contributed by atoms with Crippen molar-refractivity contribution in [3.63, 3.8) is 0 Å². The van der Waals surface area contributed by atoms with Crippen LogP contribution in [0.2, 0.25) is 0 Å². The first-order chi connectivity index (χ1) is 9.45. The summed E-state index contributed by atoms with van der Waals surface area (Å²) < 4.78 is 0. The Labute approximate surface area is 121 Å². The molecule has 0 fully saturated rings. The monoisotopic (exact) mass is 276 g/mol. The highest BCUT2D eigenvalue weighted by atomic mass is 16.2. The lowest BCUT2D eigenvalue weighted by molar-refractivity contribution is -0.136. The van der Waals surface area contributed by atoms with Crippen molar-refractivity contribution in [2.24, 2.45) is 11.7 Å². The second kappa shape index (κ2) is 7.80. The van der Waals surface area contributed by atoms with E-state index >= 15 is 0 Å². The topological polar surface area (TPSA) is 63.4 Å². The van der Waals surface area contributed by atoms with Crippen molar-refractivity contribution in [1.82, 2.24) is 4.90 Å². The predicted octanol–water partition coefficient (Wildman–Crippen LogP) is 1.63. The highest BCUT2D eigenvalue weighted by molar-refractivity contribution is 5.84. The van der Waals surface area contributed by atoms with E-state index in [1.54, 1.807) is 7.05 Å². The number of hydrogen-bond acceptors (Lipinski definition) is 3. The zero-order chi connectivity index (χ0) is 15.1. The Kier molecular flexibility index (Phi) is 6.39. The molecule has 20 heavy (non-hydrogen) atoms. The van der Waals surface area contributed by atoms with E-state index in [4.69, 9.17) is 5.73 Å². The first kappa shape index (κ1) is 16.4. The molecule has 0 aliphatic rings. The fourth-order valence-electron chi connectivity index (χ4n) is 2.17. The molecule has 0 saturated carbocycles. The maximum absolute atomic E-state index is 12.3. The number of amides is 1. The summed E-state index contributed by atoms with van der Waals surface area (Å²) in [5, 5.41) is 0.